The second-order valence-electron chi connectivity index (χ2n) is 6.44. The molecule has 30 heavy (non-hydrogen) atoms. The molecule has 2 N–H and O–H groups in total. The van der Waals surface area contributed by atoms with Crippen molar-refractivity contribution in [3.63, 3.8) is 0 Å². The van der Waals surface area contributed by atoms with Crippen LogP contribution in [0, 0.1) is 0 Å². The number of nitrogens with zero attached hydrogens (tertiary/aromatic N) is 2. The summed E-state index contributed by atoms with van der Waals surface area (Å²) in [4.78, 5) is 28.8. The van der Waals surface area contributed by atoms with Crippen LogP contribution in [0.2, 0.25) is 0 Å². The predicted octanol–water partition coefficient (Wildman–Crippen LogP) is 2.36. The van der Waals surface area contributed by atoms with Crippen molar-refractivity contribution in [3.05, 3.63) is 42.2 Å². The minimum absolute atomic E-state index is 0.122. The molecule has 9 nitrogen and oxygen atoms in total. The van der Waals surface area contributed by atoms with E-state index in [1.54, 1.807) is 48.1 Å². The Morgan fingerprint density at radius 2 is 1.83 bits per heavy atom. The number of pyridine rings is 1. The standard InChI is InChI=1S/C21H24N4O5/c1-25-14(11-13-12-15(28-2)19(29-3)20(30-4)18(13)25)21(27)23-10-8-17(26)24-16-7-5-6-9-22-16/h5-7,9,11-12H,8,10H2,1-4H3,(H,23,27)(H,22,24,26). The second kappa shape index (κ2) is 9.17. The maximum atomic E-state index is 12.7. The van der Waals surface area contributed by atoms with Gasteiger partial charge in [0, 0.05) is 31.6 Å². The van der Waals surface area contributed by atoms with Gasteiger partial charge in [-0.2, -0.15) is 0 Å². The van der Waals surface area contributed by atoms with Crippen molar-refractivity contribution in [1.82, 2.24) is 14.9 Å². The molecule has 1 aromatic carbocycles. The van der Waals surface area contributed by atoms with Crippen molar-refractivity contribution in [2.24, 2.45) is 7.05 Å². The molecule has 0 atom stereocenters. The van der Waals surface area contributed by atoms with Gasteiger partial charge < -0.3 is 29.4 Å². The van der Waals surface area contributed by atoms with E-state index in [-0.39, 0.29) is 24.8 Å². The Kier molecular flexibility index (Phi) is 6.41. The Labute approximate surface area is 173 Å². The molecule has 0 radical (unpaired) electrons. The fourth-order valence-corrected chi connectivity index (χ4v) is 3.22. The molecule has 0 aliphatic rings. The lowest BCUT2D eigenvalue weighted by Crippen LogP contribution is -2.29. The fourth-order valence-electron chi connectivity index (χ4n) is 3.22. The molecule has 3 aromatic rings. The average Bonchev–Trinajstić information content (AvgIpc) is 3.09. The zero-order valence-corrected chi connectivity index (χ0v) is 17.3. The van der Waals surface area contributed by atoms with Crippen LogP contribution in [0.25, 0.3) is 10.9 Å². The van der Waals surface area contributed by atoms with Gasteiger partial charge in [0.25, 0.3) is 5.91 Å². The first kappa shape index (κ1) is 21.0. The smallest absolute Gasteiger partial charge is 0.267 e. The summed E-state index contributed by atoms with van der Waals surface area (Å²) in [6.07, 6.45) is 1.72. The Morgan fingerprint density at radius 3 is 2.47 bits per heavy atom. The lowest BCUT2D eigenvalue weighted by Gasteiger charge is -2.14. The Hall–Kier alpha value is -3.75. The average molecular weight is 412 g/mol. The van der Waals surface area contributed by atoms with Gasteiger partial charge in [0.1, 0.15) is 11.5 Å². The number of ether oxygens (including phenoxy) is 3. The first-order valence-corrected chi connectivity index (χ1v) is 9.27. The number of carbonyl (C=O) groups excluding carboxylic acids is 2. The third-order valence-electron chi connectivity index (χ3n) is 4.62. The van der Waals surface area contributed by atoms with Gasteiger partial charge in [0.15, 0.2) is 11.5 Å². The van der Waals surface area contributed by atoms with Crippen LogP contribution in [0.5, 0.6) is 17.2 Å². The zero-order chi connectivity index (χ0) is 21.7. The third-order valence-corrected chi connectivity index (χ3v) is 4.62. The molecule has 0 saturated heterocycles. The Balaban J connectivity index is 1.74. The van der Waals surface area contributed by atoms with E-state index in [9.17, 15) is 9.59 Å². The minimum atomic E-state index is -0.306. The van der Waals surface area contributed by atoms with Gasteiger partial charge in [0.2, 0.25) is 11.7 Å². The molecule has 3 rings (SSSR count). The van der Waals surface area contributed by atoms with E-state index in [4.69, 9.17) is 14.2 Å². The van der Waals surface area contributed by atoms with E-state index in [1.807, 2.05) is 0 Å². The summed E-state index contributed by atoms with van der Waals surface area (Å²) in [5.41, 5.74) is 1.12. The number of aromatic nitrogens is 2. The van der Waals surface area contributed by atoms with Gasteiger partial charge in [-0.05, 0) is 24.3 Å². The van der Waals surface area contributed by atoms with Crippen LogP contribution in [-0.2, 0) is 11.8 Å². The van der Waals surface area contributed by atoms with E-state index < -0.39 is 0 Å². The van der Waals surface area contributed by atoms with Gasteiger partial charge in [0.05, 0.1) is 26.8 Å². The molecular formula is C21H24N4O5. The normalized spacial score (nSPS) is 10.5. The molecule has 0 bridgehead atoms. The quantitative estimate of drug-likeness (QED) is 0.589. The number of rotatable bonds is 8. The van der Waals surface area contributed by atoms with Crippen molar-refractivity contribution in [2.75, 3.05) is 33.2 Å². The maximum Gasteiger partial charge on any atom is 0.267 e. The molecule has 0 fully saturated rings. The highest BCUT2D eigenvalue weighted by atomic mass is 16.5. The van der Waals surface area contributed by atoms with Crippen molar-refractivity contribution in [3.8, 4) is 17.2 Å². The lowest BCUT2D eigenvalue weighted by molar-refractivity contribution is -0.116. The molecule has 0 aliphatic carbocycles. The number of hydrogen-bond acceptors (Lipinski definition) is 6. The van der Waals surface area contributed by atoms with Crippen molar-refractivity contribution < 1.29 is 23.8 Å². The number of anilines is 1. The number of aryl methyl sites for hydroxylation is 1. The highest BCUT2D eigenvalue weighted by molar-refractivity contribution is 6.02. The van der Waals surface area contributed by atoms with Crippen LogP contribution >= 0.6 is 0 Å². The third kappa shape index (κ3) is 4.14. The van der Waals surface area contributed by atoms with Gasteiger partial charge in [-0.25, -0.2) is 4.98 Å². The van der Waals surface area contributed by atoms with Crippen LogP contribution < -0.4 is 24.8 Å². The minimum Gasteiger partial charge on any atom is -0.493 e. The van der Waals surface area contributed by atoms with E-state index in [2.05, 4.69) is 15.6 Å². The van der Waals surface area contributed by atoms with Crippen LogP contribution in [0.4, 0.5) is 5.82 Å². The summed E-state index contributed by atoms with van der Waals surface area (Å²) in [6, 6.07) is 8.77. The summed E-state index contributed by atoms with van der Waals surface area (Å²) in [6.45, 7) is 0.183. The fraction of sp³-hybridized carbons (Fsp3) is 0.286. The highest BCUT2D eigenvalue weighted by Gasteiger charge is 2.22. The molecule has 0 unspecified atom stereocenters. The molecule has 0 aliphatic heterocycles. The first-order chi connectivity index (χ1) is 14.5. The van der Waals surface area contributed by atoms with Crippen molar-refractivity contribution in [2.45, 2.75) is 6.42 Å². The van der Waals surface area contributed by atoms with Gasteiger partial charge >= 0.3 is 0 Å². The molecule has 2 heterocycles. The lowest BCUT2D eigenvalue weighted by atomic mass is 10.2. The molecule has 0 spiro atoms. The number of carbonyl (C=O) groups is 2. The topological polar surface area (TPSA) is 104 Å². The van der Waals surface area contributed by atoms with Crippen LogP contribution in [0.1, 0.15) is 16.9 Å². The SMILES string of the molecule is COc1cc2cc(C(=O)NCCC(=O)Nc3ccccn3)n(C)c2c(OC)c1OC. The number of benzene rings is 1. The largest absolute Gasteiger partial charge is 0.493 e. The zero-order valence-electron chi connectivity index (χ0n) is 17.3. The second-order valence-corrected chi connectivity index (χ2v) is 6.44. The van der Waals surface area contributed by atoms with Crippen molar-refractivity contribution >= 4 is 28.5 Å². The number of amides is 2. The highest BCUT2D eigenvalue weighted by Crippen LogP contribution is 2.44. The summed E-state index contributed by atoms with van der Waals surface area (Å²) in [5, 5.41) is 6.21. The number of methoxy groups -OCH3 is 3. The summed E-state index contributed by atoms with van der Waals surface area (Å²) in [5.74, 6) is 1.36. The predicted molar refractivity (Wildman–Crippen MR) is 112 cm³/mol. The molecule has 9 heteroatoms. The van der Waals surface area contributed by atoms with E-state index in [1.165, 1.54) is 21.3 Å². The Morgan fingerprint density at radius 1 is 1.07 bits per heavy atom. The monoisotopic (exact) mass is 412 g/mol. The van der Waals surface area contributed by atoms with E-state index >= 15 is 0 Å². The molecular weight excluding hydrogens is 388 g/mol. The van der Waals surface area contributed by atoms with Gasteiger partial charge in [-0.15, -0.1) is 0 Å². The molecule has 2 amide bonds. The molecule has 0 saturated carbocycles. The van der Waals surface area contributed by atoms with Crippen LogP contribution in [0.15, 0.2) is 36.5 Å². The molecule has 158 valence electrons. The first-order valence-electron chi connectivity index (χ1n) is 9.27. The summed E-state index contributed by atoms with van der Waals surface area (Å²) in [7, 11) is 6.36. The van der Waals surface area contributed by atoms with E-state index in [0.29, 0.717) is 34.3 Å². The molecule has 2 aromatic heterocycles. The van der Waals surface area contributed by atoms with Gasteiger partial charge in [-0.1, -0.05) is 6.07 Å². The Bertz CT molecular complexity index is 1060. The maximum absolute atomic E-state index is 12.7. The van der Waals surface area contributed by atoms with Gasteiger partial charge in [-0.3, -0.25) is 9.59 Å². The van der Waals surface area contributed by atoms with Crippen molar-refractivity contribution in [1.29, 1.82) is 0 Å². The van der Waals surface area contributed by atoms with Crippen LogP contribution in [0.3, 0.4) is 0 Å². The number of fused-ring (bicyclic) bond motifs is 1. The van der Waals surface area contributed by atoms with E-state index in [0.717, 1.165) is 5.39 Å². The van der Waals surface area contributed by atoms with Crippen LogP contribution in [-0.4, -0.2) is 49.2 Å². The summed E-state index contributed by atoms with van der Waals surface area (Å²) >= 11 is 0. The number of hydrogen-bond donors (Lipinski definition) is 2. The number of nitrogens with one attached hydrogen (secondary N) is 2. The summed E-state index contributed by atoms with van der Waals surface area (Å²) < 4.78 is 18.0.